The van der Waals surface area contributed by atoms with Gasteiger partial charge >= 0.3 is 6.09 Å². The number of likely N-dealkylation sites (tertiary alicyclic amines) is 3. The Labute approximate surface area is 312 Å². The molecule has 284 valence electrons. The van der Waals surface area contributed by atoms with E-state index >= 15 is 0 Å². The highest BCUT2D eigenvalue weighted by molar-refractivity contribution is 5.85. The Morgan fingerprint density at radius 3 is 1.87 bits per heavy atom. The van der Waals surface area contributed by atoms with Crippen LogP contribution in [0.2, 0.25) is 0 Å². The maximum Gasteiger partial charge on any atom is 0.410 e. The number of amides is 1. The average molecular weight is 727 g/mol. The second kappa shape index (κ2) is 14.0. The molecule has 4 saturated heterocycles. The molecule has 1 amide bonds. The number of aromatic amines is 2. The van der Waals surface area contributed by atoms with Crippen LogP contribution in [0.1, 0.15) is 108 Å². The van der Waals surface area contributed by atoms with Crippen LogP contribution in [0.4, 0.5) is 13.6 Å². The third kappa shape index (κ3) is 6.56. The highest BCUT2D eigenvalue weighted by atomic mass is 19.1. The van der Waals surface area contributed by atoms with Gasteiger partial charge in [0, 0.05) is 95.9 Å². The SMILES string of the molecule is CC(C)(C)OC(=O)N1CC[C@@H]2[C@H]1[C@H](c1c[nH]c3cc(F)ccc13)CN2C1CCCC1.Fc1ccc2c([C@@H]3CN(C4CCCC4)[C@@H]4CCN[C@@H]43)c[nH]c2c1. The summed E-state index contributed by atoms with van der Waals surface area (Å²) in [6.45, 7) is 9.73. The van der Waals surface area contributed by atoms with Gasteiger partial charge in [-0.3, -0.25) is 9.80 Å². The molecule has 3 N–H and O–H groups in total. The zero-order valence-electron chi connectivity index (χ0n) is 31.6. The Balaban J connectivity index is 0.000000145. The third-order valence-corrected chi connectivity index (χ3v) is 13.5. The number of nitrogens with one attached hydrogen (secondary N) is 3. The molecule has 0 spiro atoms. The standard InChI is InChI=1S/C24H32FN3O2.C19H24FN3/c1-24(2,3)30-23(29)27-11-10-21-22(27)19(14-28(21)16-6-4-5-7-16)18-13-26-20-12-15(25)8-9-17(18)20;20-12-5-6-14-15(10-22-17(14)9-12)16-11-23(13-3-1-2-4-13)18-7-8-21-19(16)18/h8-9,12-13,16,19,21-22,26H,4-7,10-11,14H2,1-3H3;5-6,9-10,13,16,18-19,21-22H,1-4,7-8,11H2/t19-,21+,22+;16-,18+,19+/m00/s1. The average Bonchev–Trinajstić information content (AvgIpc) is 3.97. The van der Waals surface area contributed by atoms with Gasteiger partial charge in [-0.1, -0.05) is 25.7 Å². The quantitative estimate of drug-likeness (QED) is 0.197. The first kappa shape index (κ1) is 35.2. The highest BCUT2D eigenvalue weighted by Gasteiger charge is 2.53. The van der Waals surface area contributed by atoms with E-state index in [0.717, 1.165) is 55.1 Å². The van der Waals surface area contributed by atoms with Gasteiger partial charge in [0.2, 0.25) is 0 Å². The van der Waals surface area contributed by atoms with Crippen LogP contribution >= 0.6 is 0 Å². The van der Waals surface area contributed by atoms with Crippen molar-refractivity contribution in [2.75, 3.05) is 26.2 Å². The Kier molecular flexibility index (Phi) is 9.30. The van der Waals surface area contributed by atoms with Crippen LogP contribution in [-0.4, -0.2) is 98.8 Å². The molecule has 4 aliphatic heterocycles. The van der Waals surface area contributed by atoms with Crippen molar-refractivity contribution in [1.82, 2.24) is 30.0 Å². The van der Waals surface area contributed by atoms with Crippen molar-refractivity contribution >= 4 is 27.9 Å². The van der Waals surface area contributed by atoms with E-state index in [-0.39, 0.29) is 29.7 Å². The molecule has 0 bridgehead atoms. The molecule has 6 fully saturated rings. The summed E-state index contributed by atoms with van der Waals surface area (Å²) in [6.07, 6.45) is 16.8. The second-order valence-electron chi connectivity index (χ2n) is 17.7. The van der Waals surface area contributed by atoms with Crippen LogP contribution in [0.25, 0.3) is 21.8 Å². The number of halogens is 2. The minimum absolute atomic E-state index is 0.101. The fourth-order valence-corrected chi connectivity index (χ4v) is 11.4. The molecule has 2 saturated carbocycles. The molecular formula is C43H56F2N6O2. The van der Waals surface area contributed by atoms with E-state index in [4.69, 9.17) is 4.74 Å². The second-order valence-corrected chi connectivity index (χ2v) is 17.7. The van der Waals surface area contributed by atoms with Crippen molar-refractivity contribution in [2.45, 2.75) is 139 Å². The van der Waals surface area contributed by atoms with E-state index in [0.29, 0.717) is 30.1 Å². The number of nitrogens with zero attached hydrogens (tertiary/aromatic N) is 3. The molecule has 10 heteroatoms. The number of fused-ring (bicyclic) bond motifs is 4. The van der Waals surface area contributed by atoms with Crippen LogP contribution in [-0.2, 0) is 4.74 Å². The van der Waals surface area contributed by atoms with Crippen molar-refractivity contribution in [3.05, 3.63) is 71.6 Å². The molecule has 6 heterocycles. The van der Waals surface area contributed by atoms with E-state index in [2.05, 4.69) is 31.3 Å². The molecule has 53 heavy (non-hydrogen) atoms. The van der Waals surface area contributed by atoms with E-state index < -0.39 is 5.60 Å². The molecule has 6 atom stereocenters. The largest absolute Gasteiger partial charge is 0.444 e. The topological polar surface area (TPSA) is 79.6 Å². The Morgan fingerprint density at radius 2 is 1.28 bits per heavy atom. The van der Waals surface area contributed by atoms with Gasteiger partial charge in [0.05, 0.1) is 6.04 Å². The number of carbonyl (C=O) groups excluding carboxylic acids is 1. The molecule has 0 unspecified atom stereocenters. The summed E-state index contributed by atoms with van der Waals surface area (Å²) in [4.78, 5) is 27.1. The highest BCUT2D eigenvalue weighted by Crippen LogP contribution is 2.46. The number of ether oxygens (including phenoxy) is 1. The number of H-pyrrole nitrogens is 2. The van der Waals surface area contributed by atoms with Crippen molar-refractivity contribution in [1.29, 1.82) is 0 Å². The lowest BCUT2D eigenvalue weighted by Crippen LogP contribution is -2.45. The molecule has 8 nitrogen and oxygen atoms in total. The summed E-state index contributed by atoms with van der Waals surface area (Å²) in [5, 5.41) is 6.01. The monoisotopic (exact) mass is 726 g/mol. The zero-order chi connectivity index (χ0) is 36.4. The molecule has 4 aromatic rings. The van der Waals surface area contributed by atoms with Crippen LogP contribution in [0.3, 0.4) is 0 Å². The van der Waals surface area contributed by atoms with E-state index in [9.17, 15) is 13.6 Å². The lowest BCUT2D eigenvalue weighted by molar-refractivity contribution is 0.0210. The first-order chi connectivity index (χ1) is 25.6. The number of hydrogen-bond donors (Lipinski definition) is 3. The molecule has 6 aliphatic rings. The normalized spacial score (nSPS) is 29.7. The third-order valence-electron chi connectivity index (χ3n) is 13.5. The van der Waals surface area contributed by atoms with E-state index in [1.165, 1.54) is 80.4 Å². The lowest BCUT2D eigenvalue weighted by Gasteiger charge is -2.31. The minimum atomic E-state index is -0.507. The van der Waals surface area contributed by atoms with Crippen LogP contribution < -0.4 is 5.32 Å². The Hall–Kier alpha value is -3.47. The van der Waals surface area contributed by atoms with Crippen LogP contribution in [0.15, 0.2) is 48.8 Å². The summed E-state index contributed by atoms with van der Waals surface area (Å²) in [6, 6.07) is 13.2. The van der Waals surface area contributed by atoms with Gasteiger partial charge < -0.3 is 24.9 Å². The van der Waals surface area contributed by atoms with Crippen molar-refractivity contribution in [2.24, 2.45) is 0 Å². The van der Waals surface area contributed by atoms with Crippen LogP contribution in [0.5, 0.6) is 0 Å². The summed E-state index contributed by atoms with van der Waals surface area (Å²) < 4.78 is 33.0. The van der Waals surface area contributed by atoms with Gasteiger partial charge in [0.1, 0.15) is 17.2 Å². The molecule has 10 rings (SSSR count). The summed E-state index contributed by atoms with van der Waals surface area (Å²) in [5.74, 6) is 0.318. The van der Waals surface area contributed by atoms with Gasteiger partial charge in [-0.05, 0) is 113 Å². The van der Waals surface area contributed by atoms with Gasteiger partial charge in [0.25, 0.3) is 0 Å². The fourth-order valence-electron chi connectivity index (χ4n) is 11.4. The summed E-state index contributed by atoms with van der Waals surface area (Å²) in [7, 11) is 0. The first-order valence-electron chi connectivity index (χ1n) is 20.4. The maximum absolute atomic E-state index is 13.7. The van der Waals surface area contributed by atoms with Crippen LogP contribution in [0, 0.1) is 11.6 Å². The summed E-state index contributed by atoms with van der Waals surface area (Å²) in [5.41, 5.74) is 3.80. The first-order valence-corrected chi connectivity index (χ1v) is 20.4. The number of benzene rings is 2. The van der Waals surface area contributed by atoms with E-state index in [1.807, 2.05) is 44.0 Å². The van der Waals surface area contributed by atoms with Crippen molar-refractivity contribution in [3.8, 4) is 0 Å². The maximum atomic E-state index is 13.7. The smallest absolute Gasteiger partial charge is 0.410 e. The number of rotatable bonds is 4. The predicted molar refractivity (Wildman–Crippen MR) is 205 cm³/mol. The molecular weight excluding hydrogens is 671 g/mol. The lowest BCUT2D eigenvalue weighted by atomic mass is 9.91. The number of carbonyl (C=O) groups is 1. The van der Waals surface area contributed by atoms with Gasteiger partial charge in [-0.25, -0.2) is 13.6 Å². The predicted octanol–water partition coefficient (Wildman–Crippen LogP) is 8.41. The van der Waals surface area contributed by atoms with Gasteiger partial charge in [-0.15, -0.1) is 0 Å². The van der Waals surface area contributed by atoms with Gasteiger partial charge in [0.15, 0.2) is 0 Å². The summed E-state index contributed by atoms with van der Waals surface area (Å²) >= 11 is 0. The Bertz CT molecular complexity index is 1940. The molecule has 2 aliphatic carbocycles. The molecule has 0 radical (unpaired) electrons. The zero-order valence-corrected chi connectivity index (χ0v) is 31.6. The minimum Gasteiger partial charge on any atom is -0.444 e. The molecule has 2 aromatic heterocycles. The number of aromatic nitrogens is 2. The van der Waals surface area contributed by atoms with Gasteiger partial charge in [-0.2, -0.15) is 0 Å². The van der Waals surface area contributed by atoms with Crippen molar-refractivity contribution < 1.29 is 18.3 Å². The van der Waals surface area contributed by atoms with E-state index in [1.54, 1.807) is 18.2 Å². The van der Waals surface area contributed by atoms with Crippen molar-refractivity contribution in [3.63, 3.8) is 0 Å². The Morgan fingerprint density at radius 1 is 0.736 bits per heavy atom. The number of hydrogen-bond acceptors (Lipinski definition) is 5. The fraction of sp³-hybridized carbons (Fsp3) is 0.605. The molecule has 2 aromatic carbocycles.